The predicted molar refractivity (Wildman–Crippen MR) is 56.0 cm³/mol. The summed E-state index contributed by atoms with van der Waals surface area (Å²) in [5.41, 5.74) is 0.420. The van der Waals surface area contributed by atoms with Crippen molar-refractivity contribution < 1.29 is 4.74 Å². The summed E-state index contributed by atoms with van der Waals surface area (Å²) in [6, 6.07) is 0. The van der Waals surface area contributed by atoms with E-state index in [1.54, 1.807) is 0 Å². The van der Waals surface area contributed by atoms with E-state index >= 15 is 0 Å². The van der Waals surface area contributed by atoms with Crippen molar-refractivity contribution in [3.63, 3.8) is 0 Å². The summed E-state index contributed by atoms with van der Waals surface area (Å²) in [6.07, 6.45) is 1.53. The first-order valence-electron chi connectivity index (χ1n) is 5.10. The van der Waals surface area contributed by atoms with E-state index in [9.17, 15) is 0 Å². The summed E-state index contributed by atoms with van der Waals surface area (Å²) in [6.45, 7) is 12.5. The fraction of sp³-hybridized carbons (Fsp3) is 1.00. The second-order valence-electron chi connectivity index (χ2n) is 5.49. The number of ether oxygens (including phenoxy) is 1. The third-order valence-electron chi connectivity index (χ3n) is 3.19. The van der Waals surface area contributed by atoms with Crippen LogP contribution in [0.15, 0.2) is 0 Å². The largest absolute Gasteiger partial charge is 0.380 e. The maximum absolute atomic E-state index is 5.51. The normalized spacial score (nSPS) is 29.5. The number of methoxy groups -OCH3 is 1. The Hall–Kier alpha value is -0.0800. The minimum absolute atomic E-state index is 0.174. The molecule has 0 aliphatic carbocycles. The summed E-state index contributed by atoms with van der Waals surface area (Å²) >= 11 is 0. The average molecular weight is 185 g/mol. The molecule has 0 spiro atoms. The van der Waals surface area contributed by atoms with Crippen LogP contribution in [0.2, 0.25) is 0 Å². The van der Waals surface area contributed by atoms with Gasteiger partial charge in [0, 0.05) is 24.7 Å². The van der Waals surface area contributed by atoms with Crippen molar-refractivity contribution in [1.82, 2.24) is 4.90 Å². The Labute approximate surface area is 82.3 Å². The van der Waals surface area contributed by atoms with Gasteiger partial charge in [0.25, 0.3) is 0 Å². The smallest absolute Gasteiger partial charge is 0.0761 e. The van der Waals surface area contributed by atoms with E-state index in [1.165, 1.54) is 0 Å². The molecule has 1 aliphatic heterocycles. The summed E-state index contributed by atoms with van der Waals surface area (Å²) < 4.78 is 5.51. The molecule has 0 radical (unpaired) electrons. The number of nitrogens with zero attached hydrogens (tertiary/aromatic N) is 1. The van der Waals surface area contributed by atoms with Crippen LogP contribution in [0, 0.1) is 0 Å². The molecule has 0 unspecified atom stereocenters. The molecule has 2 heteroatoms. The first-order valence-corrected chi connectivity index (χ1v) is 5.10. The molecule has 1 heterocycles. The van der Waals surface area contributed by atoms with E-state index in [-0.39, 0.29) is 11.1 Å². The first-order chi connectivity index (χ1) is 5.80. The number of likely N-dealkylation sites (tertiary alicyclic amines) is 1. The van der Waals surface area contributed by atoms with Crippen molar-refractivity contribution >= 4 is 0 Å². The van der Waals surface area contributed by atoms with Gasteiger partial charge in [-0.05, 0) is 41.0 Å². The lowest BCUT2D eigenvalue weighted by Gasteiger charge is -2.43. The van der Waals surface area contributed by atoms with Crippen LogP contribution in [0.1, 0.15) is 41.0 Å². The Balaban J connectivity index is 2.81. The van der Waals surface area contributed by atoms with Gasteiger partial charge in [-0.15, -0.1) is 0 Å². The summed E-state index contributed by atoms with van der Waals surface area (Å²) in [4.78, 5) is 2.54. The fourth-order valence-corrected chi connectivity index (χ4v) is 2.67. The topological polar surface area (TPSA) is 12.5 Å². The molecule has 1 atom stereocenters. The van der Waals surface area contributed by atoms with E-state index in [1.807, 2.05) is 7.11 Å². The van der Waals surface area contributed by atoms with Crippen molar-refractivity contribution in [2.45, 2.75) is 58.2 Å². The predicted octanol–water partition coefficient (Wildman–Crippen LogP) is 2.28. The van der Waals surface area contributed by atoms with Crippen LogP contribution in [-0.4, -0.2) is 35.7 Å². The summed E-state index contributed by atoms with van der Waals surface area (Å²) in [5.74, 6) is 0. The van der Waals surface area contributed by atoms with Gasteiger partial charge in [0.1, 0.15) is 0 Å². The Bertz CT molecular complexity index is 181. The van der Waals surface area contributed by atoms with Crippen molar-refractivity contribution in [2.24, 2.45) is 0 Å². The fourth-order valence-electron chi connectivity index (χ4n) is 2.67. The van der Waals surface area contributed by atoms with E-state index in [4.69, 9.17) is 4.74 Å². The maximum Gasteiger partial charge on any atom is 0.0761 e. The van der Waals surface area contributed by atoms with Crippen LogP contribution in [-0.2, 0) is 4.74 Å². The number of hydrogen-bond acceptors (Lipinski definition) is 2. The van der Waals surface area contributed by atoms with Crippen LogP contribution < -0.4 is 0 Å². The molecule has 2 nitrogen and oxygen atoms in total. The van der Waals surface area contributed by atoms with E-state index in [0.29, 0.717) is 6.10 Å². The van der Waals surface area contributed by atoms with Crippen LogP contribution >= 0.6 is 0 Å². The van der Waals surface area contributed by atoms with Gasteiger partial charge >= 0.3 is 0 Å². The molecule has 1 fully saturated rings. The van der Waals surface area contributed by atoms with Crippen molar-refractivity contribution in [2.75, 3.05) is 13.7 Å². The minimum Gasteiger partial charge on any atom is -0.380 e. The average Bonchev–Trinajstić information content (AvgIpc) is 2.22. The SMILES string of the molecule is CO[C@@H]1CCN(C(C)(C)C)C1(C)C. The molecule has 0 N–H and O–H groups in total. The highest BCUT2D eigenvalue weighted by Gasteiger charge is 2.45. The lowest BCUT2D eigenvalue weighted by atomic mass is 9.94. The molecule has 78 valence electrons. The summed E-state index contributed by atoms with van der Waals surface area (Å²) in [7, 11) is 1.82. The van der Waals surface area contributed by atoms with Crippen molar-refractivity contribution in [3.8, 4) is 0 Å². The standard InChI is InChI=1S/C11H23NO/c1-10(2,3)12-8-7-9(13-6)11(12,4)5/h9H,7-8H2,1-6H3/t9-/m1/s1. The molecule has 0 aromatic rings. The number of hydrogen-bond donors (Lipinski definition) is 0. The molecule has 1 rings (SSSR count). The van der Waals surface area contributed by atoms with Gasteiger partial charge in [0.2, 0.25) is 0 Å². The van der Waals surface area contributed by atoms with Crippen molar-refractivity contribution in [3.05, 3.63) is 0 Å². The molecule has 0 aromatic heterocycles. The van der Waals surface area contributed by atoms with E-state index < -0.39 is 0 Å². The van der Waals surface area contributed by atoms with Gasteiger partial charge in [-0.25, -0.2) is 0 Å². The third-order valence-corrected chi connectivity index (χ3v) is 3.19. The molecule has 13 heavy (non-hydrogen) atoms. The van der Waals surface area contributed by atoms with Crippen molar-refractivity contribution in [1.29, 1.82) is 0 Å². The van der Waals surface area contributed by atoms with Gasteiger partial charge in [-0.3, -0.25) is 4.90 Å². The minimum atomic E-state index is 0.174. The highest BCUT2D eigenvalue weighted by atomic mass is 16.5. The van der Waals surface area contributed by atoms with Gasteiger partial charge < -0.3 is 4.74 Å². The van der Waals surface area contributed by atoms with Crippen LogP contribution in [0.5, 0.6) is 0 Å². The van der Waals surface area contributed by atoms with Gasteiger partial charge in [-0.1, -0.05) is 0 Å². The molecule has 0 bridgehead atoms. The molecule has 0 amide bonds. The molecule has 1 saturated heterocycles. The van der Waals surface area contributed by atoms with Gasteiger partial charge in [0.05, 0.1) is 6.10 Å². The second-order valence-corrected chi connectivity index (χ2v) is 5.49. The molecular weight excluding hydrogens is 162 g/mol. The molecule has 0 saturated carbocycles. The molecular formula is C11H23NO. The number of rotatable bonds is 1. The van der Waals surface area contributed by atoms with E-state index in [2.05, 4.69) is 39.5 Å². The van der Waals surface area contributed by atoms with Crippen LogP contribution in [0.3, 0.4) is 0 Å². The monoisotopic (exact) mass is 185 g/mol. The zero-order valence-electron chi connectivity index (χ0n) is 9.85. The zero-order chi connectivity index (χ0) is 10.3. The molecule has 0 aromatic carbocycles. The quantitative estimate of drug-likeness (QED) is 0.621. The highest BCUT2D eigenvalue weighted by molar-refractivity contribution is 5.01. The lowest BCUT2D eigenvalue weighted by Crippen LogP contribution is -2.54. The first kappa shape index (κ1) is 11.0. The third kappa shape index (κ3) is 1.89. The summed E-state index contributed by atoms with van der Waals surface area (Å²) in [5, 5.41) is 0. The van der Waals surface area contributed by atoms with E-state index in [0.717, 1.165) is 13.0 Å². The zero-order valence-corrected chi connectivity index (χ0v) is 9.85. The maximum atomic E-state index is 5.51. The lowest BCUT2D eigenvalue weighted by molar-refractivity contribution is -0.0156. The van der Waals surface area contributed by atoms with Crippen LogP contribution in [0.4, 0.5) is 0 Å². The Morgan fingerprint density at radius 1 is 1.31 bits per heavy atom. The molecule has 1 aliphatic rings. The highest BCUT2D eigenvalue weighted by Crippen LogP contribution is 2.36. The van der Waals surface area contributed by atoms with Gasteiger partial charge in [0.15, 0.2) is 0 Å². The van der Waals surface area contributed by atoms with Crippen LogP contribution in [0.25, 0.3) is 0 Å². The Morgan fingerprint density at radius 2 is 1.85 bits per heavy atom. The second kappa shape index (κ2) is 3.25. The Kier molecular flexibility index (Phi) is 2.75. The Morgan fingerprint density at radius 3 is 2.08 bits per heavy atom. The van der Waals surface area contributed by atoms with Gasteiger partial charge in [-0.2, -0.15) is 0 Å².